The van der Waals surface area contributed by atoms with Crippen molar-refractivity contribution in [2.75, 3.05) is 20.2 Å². The molecule has 0 spiro atoms. The second-order valence-corrected chi connectivity index (χ2v) is 6.34. The molecular formula is C17H21N3O2. The van der Waals surface area contributed by atoms with E-state index in [9.17, 15) is 10.1 Å². The summed E-state index contributed by atoms with van der Waals surface area (Å²) in [6.07, 6.45) is 0.508. The third kappa shape index (κ3) is 2.39. The molecule has 0 N–H and O–H groups in total. The van der Waals surface area contributed by atoms with Crippen molar-refractivity contribution in [3.05, 3.63) is 35.9 Å². The van der Waals surface area contributed by atoms with Crippen LogP contribution in [0.25, 0.3) is 0 Å². The number of fused-ring (bicyclic) bond motifs is 1. The first-order chi connectivity index (χ1) is 10.6. The van der Waals surface area contributed by atoms with Crippen molar-refractivity contribution in [3.63, 3.8) is 0 Å². The average Bonchev–Trinajstić information content (AvgIpc) is 3.09. The van der Waals surface area contributed by atoms with Gasteiger partial charge in [-0.1, -0.05) is 30.3 Å². The highest BCUT2D eigenvalue weighted by Crippen LogP contribution is 2.45. The van der Waals surface area contributed by atoms with E-state index in [1.165, 1.54) is 12.7 Å². The van der Waals surface area contributed by atoms with Crippen LogP contribution >= 0.6 is 0 Å². The Morgan fingerprint density at radius 3 is 2.77 bits per heavy atom. The molecule has 0 unspecified atom stereocenters. The quantitative estimate of drug-likeness (QED) is 0.794. The summed E-state index contributed by atoms with van der Waals surface area (Å²) >= 11 is 0. The fourth-order valence-corrected chi connectivity index (χ4v) is 3.86. The molecule has 0 saturated carbocycles. The maximum atomic E-state index is 12.0. The molecule has 2 aliphatic rings. The number of carbonyl (C=O) groups excluding carboxylic acids is 1. The van der Waals surface area contributed by atoms with Crippen LogP contribution in [0.5, 0.6) is 0 Å². The molecule has 0 aromatic heterocycles. The topological polar surface area (TPSA) is 56.6 Å². The van der Waals surface area contributed by atoms with E-state index in [1.54, 1.807) is 0 Å². The number of methoxy groups -OCH3 is 1. The average molecular weight is 299 g/mol. The first-order valence-corrected chi connectivity index (χ1v) is 7.62. The fraction of sp³-hybridized carbons (Fsp3) is 0.529. The van der Waals surface area contributed by atoms with E-state index in [0.717, 1.165) is 19.6 Å². The van der Waals surface area contributed by atoms with Crippen LogP contribution in [-0.2, 0) is 16.1 Å². The van der Waals surface area contributed by atoms with Crippen molar-refractivity contribution in [2.24, 2.45) is 5.41 Å². The molecule has 0 amide bonds. The normalized spacial score (nSPS) is 31.7. The number of hydrogen-bond donors (Lipinski definition) is 0. The van der Waals surface area contributed by atoms with Crippen LogP contribution < -0.4 is 0 Å². The van der Waals surface area contributed by atoms with Gasteiger partial charge in [-0.15, -0.1) is 0 Å². The molecule has 5 nitrogen and oxygen atoms in total. The zero-order valence-electron chi connectivity index (χ0n) is 13.0. The maximum absolute atomic E-state index is 12.0. The van der Waals surface area contributed by atoms with Crippen LogP contribution in [0.2, 0.25) is 0 Å². The minimum Gasteiger partial charge on any atom is -0.468 e. The molecule has 0 bridgehead atoms. The zero-order chi connectivity index (χ0) is 15.7. The Balaban J connectivity index is 1.85. The van der Waals surface area contributed by atoms with Crippen molar-refractivity contribution in [1.29, 1.82) is 5.26 Å². The van der Waals surface area contributed by atoms with E-state index in [4.69, 9.17) is 4.74 Å². The summed E-state index contributed by atoms with van der Waals surface area (Å²) in [5.74, 6) is -0.231. The van der Waals surface area contributed by atoms with Gasteiger partial charge >= 0.3 is 5.97 Å². The molecule has 0 aliphatic carbocycles. The molecule has 2 aliphatic heterocycles. The highest BCUT2D eigenvalue weighted by molar-refractivity contribution is 5.76. The zero-order valence-corrected chi connectivity index (χ0v) is 13.0. The Morgan fingerprint density at radius 1 is 1.41 bits per heavy atom. The predicted molar refractivity (Wildman–Crippen MR) is 81.5 cm³/mol. The summed E-state index contributed by atoms with van der Waals surface area (Å²) in [5, 5.41) is 9.67. The Hall–Kier alpha value is -1.90. The van der Waals surface area contributed by atoms with Gasteiger partial charge in [0.1, 0.15) is 6.04 Å². The molecule has 2 fully saturated rings. The highest BCUT2D eigenvalue weighted by Gasteiger charge is 2.57. The fourth-order valence-electron chi connectivity index (χ4n) is 3.86. The lowest BCUT2D eigenvalue weighted by Gasteiger charge is -2.32. The first-order valence-electron chi connectivity index (χ1n) is 7.62. The van der Waals surface area contributed by atoms with E-state index < -0.39 is 5.41 Å². The van der Waals surface area contributed by atoms with Gasteiger partial charge in [-0.05, 0) is 18.9 Å². The van der Waals surface area contributed by atoms with Gasteiger partial charge in [0, 0.05) is 19.6 Å². The van der Waals surface area contributed by atoms with Crippen molar-refractivity contribution < 1.29 is 9.53 Å². The van der Waals surface area contributed by atoms with Crippen molar-refractivity contribution in [1.82, 2.24) is 9.80 Å². The summed E-state index contributed by atoms with van der Waals surface area (Å²) < 4.78 is 4.93. The SMILES string of the molecule is COC(=O)[C@@H]1C[C@@](C)(C#N)[C@H]2N(Cc3ccccc3)CCN12. The Bertz CT molecular complexity index is 598. The summed E-state index contributed by atoms with van der Waals surface area (Å²) in [6.45, 7) is 4.42. The Labute approximate surface area is 131 Å². The molecule has 2 heterocycles. The lowest BCUT2D eigenvalue weighted by Crippen LogP contribution is -2.45. The molecular weight excluding hydrogens is 278 g/mol. The Morgan fingerprint density at radius 2 is 2.14 bits per heavy atom. The van der Waals surface area contributed by atoms with Gasteiger partial charge in [0.2, 0.25) is 0 Å². The molecule has 3 rings (SSSR count). The molecule has 0 radical (unpaired) electrons. The van der Waals surface area contributed by atoms with Gasteiger partial charge in [0.05, 0.1) is 24.8 Å². The summed E-state index contributed by atoms with van der Waals surface area (Å²) in [6, 6.07) is 12.4. The number of rotatable bonds is 3. The van der Waals surface area contributed by atoms with Crippen LogP contribution in [0, 0.1) is 16.7 Å². The number of nitriles is 1. The number of benzene rings is 1. The van der Waals surface area contributed by atoms with E-state index in [2.05, 4.69) is 28.0 Å². The number of ether oxygens (including phenoxy) is 1. The standard InChI is InChI=1S/C17H21N3O2/c1-17(12-18)10-14(15(21)22-2)20-9-8-19(16(17)20)11-13-6-4-3-5-7-13/h3-7,14,16H,8-11H2,1-2H3/t14-,16-,17-/m0/s1. The molecule has 2 saturated heterocycles. The lowest BCUT2D eigenvalue weighted by atomic mass is 9.86. The molecule has 22 heavy (non-hydrogen) atoms. The number of esters is 1. The number of nitrogens with zero attached hydrogens (tertiary/aromatic N) is 3. The number of hydrogen-bond acceptors (Lipinski definition) is 5. The van der Waals surface area contributed by atoms with Gasteiger partial charge in [-0.25, -0.2) is 0 Å². The molecule has 3 atom stereocenters. The largest absolute Gasteiger partial charge is 0.468 e. The number of carbonyl (C=O) groups is 1. The molecule has 1 aromatic rings. The van der Waals surface area contributed by atoms with Crippen LogP contribution in [0.4, 0.5) is 0 Å². The van der Waals surface area contributed by atoms with Crippen LogP contribution in [-0.4, -0.2) is 48.2 Å². The lowest BCUT2D eigenvalue weighted by molar-refractivity contribution is -0.146. The van der Waals surface area contributed by atoms with Crippen molar-refractivity contribution >= 4 is 5.97 Å². The second-order valence-electron chi connectivity index (χ2n) is 6.34. The van der Waals surface area contributed by atoms with Crippen molar-refractivity contribution in [3.8, 4) is 6.07 Å². The monoisotopic (exact) mass is 299 g/mol. The maximum Gasteiger partial charge on any atom is 0.323 e. The Kier molecular flexibility index (Phi) is 3.90. The van der Waals surface area contributed by atoms with Crippen LogP contribution in [0.1, 0.15) is 18.9 Å². The van der Waals surface area contributed by atoms with E-state index in [-0.39, 0.29) is 18.2 Å². The van der Waals surface area contributed by atoms with E-state index in [0.29, 0.717) is 6.42 Å². The van der Waals surface area contributed by atoms with Gasteiger partial charge in [0.15, 0.2) is 0 Å². The smallest absolute Gasteiger partial charge is 0.323 e. The van der Waals surface area contributed by atoms with E-state index >= 15 is 0 Å². The van der Waals surface area contributed by atoms with Gasteiger partial charge in [0.25, 0.3) is 0 Å². The van der Waals surface area contributed by atoms with Gasteiger partial charge < -0.3 is 4.74 Å². The first kappa shape index (κ1) is 15.0. The highest BCUT2D eigenvalue weighted by atomic mass is 16.5. The summed E-state index contributed by atoms with van der Waals surface area (Å²) in [5.41, 5.74) is 0.676. The molecule has 5 heteroatoms. The van der Waals surface area contributed by atoms with Crippen molar-refractivity contribution in [2.45, 2.75) is 32.1 Å². The van der Waals surface area contributed by atoms with Crippen LogP contribution in [0.3, 0.4) is 0 Å². The predicted octanol–water partition coefficient (Wildman–Crippen LogP) is 1.61. The van der Waals surface area contributed by atoms with Gasteiger partial charge in [-0.2, -0.15) is 5.26 Å². The summed E-state index contributed by atoms with van der Waals surface area (Å²) in [4.78, 5) is 16.5. The summed E-state index contributed by atoms with van der Waals surface area (Å²) in [7, 11) is 1.41. The van der Waals surface area contributed by atoms with Gasteiger partial charge in [-0.3, -0.25) is 14.6 Å². The van der Waals surface area contributed by atoms with Crippen LogP contribution in [0.15, 0.2) is 30.3 Å². The molecule has 116 valence electrons. The minimum atomic E-state index is -0.551. The van der Waals surface area contributed by atoms with E-state index in [1.807, 2.05) is 25.1 Å². The minimum absolute atomic E-state index is 0.0261. The second kappa shape index (κ2) is 5.71. The molecule has 1 aromatic carbocycles. The third-order valence-corrected chi connectivity index (χ3v) is 4.85. The third-order valence-electron chi connectivity index (χ3n) is 4.85.